The summed E-state index contributed by atoms with van der Waals surface area (Å²) in [4.78, 5) is 21.5. The summed E-state index contributed by atoms with van der Waals surface area (Å²) in [6.45, 7) is 5.96. The monoisotopic (exact) mass is 343 g/mol. The number of hydrogen-bond acceptors (Lipinski definition) is 4. The van der Waals surface area contributed by atoms with Crippen molar-refractivity contribution in [3.8, 4) is 0 Å². The molecule has 0 spiro atoms. The third kappa shape index (κ3) is 5.65. The van der Waals surface area contributed by atoms with Crippen molar-refractivity contribution in [2.75, 3.05) is 0 Å². The van der Waals surface area contributed by atoms with Crippen LogP contribution in [0.25, 0.3) is 0 Å². The van der Waals surface area contributed by atoms with Gasteiger partial charge in [-0.2, -0.15) is 4.72 Å². The van der Waals surface area contributed by atoms with Crippen molar-refractivity contribution < 1.29 is 28.2 Å². The van der Waals surface area contributed by atoms with E-state index in [9.17, 15) is 18.0 Å². The van der Waals surface area contributed by atoms with Crippen molar-refractivity contribution >= 4 is 22.0 Å². The minimum Gasteiger partial charge on any atom is -0.481 e. The fraction of sp³-hybridized carbons (Fsp3) is 0.467. The van der Waals surface area contributed by atoms with Crippen molar-refractivity contribution in [2.45, 2.75) is 50.0 Å². The Balaban J connectivity index is 2.96. The van der Waals surface area contributed by atoms with E-state index < -0.39 is 34.4 Å². The molecule has 128 valence electrons. The second kappa shape index (κ2) is 7.10. The highest BCUT2D eigenvalue weighted by molar-refractivity contribution is 7.89. The number of carboxylic acid groups (broad SMARTS) is 2. The molecular weight excluding hydrogens is 322 g/mol. The molecule has 0 saturated carbocycles. The van der Waals surface area contributed by atoms with E-state index in [-0.39, 0.29) is 16.7 Å². The van der Waals surface area contributed by atoms with Crippen molar-refractivity contribution in [2.24, 2.45) is 0 Å². The number of sulfonamides is 1. The molecule has 0 bridgehead atoms. The lowest BCUT2D eigenvalue weighted by Gasteiger charge is -2.19. The fourth-order valence-corrected chi connectivity index (χ4v) is 3.11. The number of aliphatic carboxylic acids is 2. The molecule has 23 heavy (non-hydrogen) atoms. The Bertz CT molecular complexity index is 673. The molecule has 0 heterocycles. The summed E-state index contributed by atoms with van der Waals surface area (Å²) in [6.07, 6.45) is -0.771. The zero-order valence-electron chi connectivity index (χ0n) is 13.2. The van der Waals surface area contributed by atoms with Gasteiger partial charge >= 0.3 is 11.9 Å². The van der Waals surface area contributed by atoms with Gasteiger partial charge in [-0.15, -0.1) is 0 Å². The van der Waals surface area contributed by atoms with Gasteiger partial charge < -0.3 is 10.2 Å². The van der Waals surface area contributed by atoms with Crippen LogP contribution in [0, 0.1) is 0 Å². The first-order chi connectivity index (χ1) is 10.4. The lowest BCUT2D eigenvalue weighted by atomic mass is 9.87. The van der Waals surface area contributed by atoms with Gasteiger partial charge in [0.15, 0.2) is 0 Å². The molecule has 0 aromatic heterocycles. The molecule has 7 nitrogen and oxygen atoms in total. The molecule has 0 saturated heterocycles. The van der Waals surface area contributed by atoms with E-state index in [1.807, 2.05) is 25.5 Å². The molecule has 0 aliphatic rings. The quantitative estimate of drug-likeness (QED) is 0.691. The van der Waals surface area contributed by atoms with Crippen LogP contribution >= 0.6 is 0 Å². The summed E-state index contributed by atoms with van der Waals surface area (Å²) in [5.41, 5.74) is 0.804. The van der Waals surface area contributed by atoms with E-state index in [0.717, 1.165) is 5.56 Å². The standard InChI is InChI=1S/C15H21NO6S/c1-15(2,3)10-4-6-11(7-5-10)23(21,22)16-12(14(19)20)8-9-13(17)18/h4-7,12,16H,8-9H2,1-3H3,(H,17,18)(H,19,20)/t12-/m0/s1. The fourth-order valence-electron chi connectivity index (χ4n) is 1.89. The second-order valence-corrected chi connectivity index (χ2v) is 7.93. The molecule has 0 aliphatic heterocycles. The van der Waals surface area contributed by atoms with E-state index in [1.165, 1.54) is 12.1 Å². The Morgan fingerprint density at radius 1 is 1.13 bits per heavy atom. The average molecular weight is 343 g/mol. The van der Waals surface area contributed by atoms with Crippen molar-refractivity contribution in [3.05, 3.63) is 29.8 Å². The first-order valence-corrected chi connectivity index (χ1v) is 8.49. The van der Waals surface area contributed by atoms with Crippen LogP contribution < -0.4 is 4.72 Å². The van der Waals surface area contributed by atoms with E-state index in [4.69, 9.17) is 10.2 Å². The highest BCUT2D eigenvalue weighted by Gasteiger charge is 2.26. The number of rotatable bonds is 7. The SMILES string of the molecule is CC(C)(C)c1ccc(S(=O)(=O)N[C@@H](CCC(=O)O)C(=O)O)cc1. The lowest BCUT2D eigenvalue weighted by Crippen LogP contribution is -2.41. The van der Waals surface area contributed by atoms with E-state index in [1.54, 1.807) is 12.1 Å². The van der Waals surface area contributed by atoms with Gasteiger partial charge in [-0.05, 0) is 29.5 Å². The normalized spacial score (nSPS) is 13.5. The number of carboxylic acids is 2. The van der Waals surface area contributed by atoms with Gasteiger partial charge in [-0.25, -0.2) is 8.42 Å². The summed E-state index contributed by atoms with van der Waals surface area (Å²) in [5.74, 6) is -2.61. The number of hydrogen-bond donors (Lipinski definition) is 3. The molecule has 1 aromatic rings. The van der Waals surface area contributed by atoms with Gasteiger partial charge in [0, 0.05) is 6.42 Å². The van der Waals surface area contributed by atoms with Gasteiger partial charge in [0.2, 0.25) is 10.0 Å². The Morgan fingerprint density at radius 2 is 1.65 bits per heavy atom. The lowest BCUT2D eigenvalue weighted by molar-refractivity contribution is -0.140. The molecule has 8 heteroatoms. The number of carbonyl (C=O) groups is 2. The predicted molar refractivity (Wildman–Crippen MR) is 83.8 cm³/mol. The highest BCUT2D eigenvalue weighted by Crippen LogP contribution is 2.23. The topological polar surface area (TPSA) is 121 Å². The molecule has 0 radical (unpaired) electrons. The van der Waals surface area contributed by atoms with E-state index >= 15 is 0 Å². The van der Waals surface area contributed by atoms with Gasteiger partial charge in [0.05, 0.1) is 4.90 Å². The van der Waals surface area contributed by atoms with Gasteiger partial charge in [0.1, 0.15) is 6.04 Å². The molecule has 1 rings (SSSR count). The maximum Gasteiger partial charge on any atom is 0.321 e. The molecule has 3 N–H and O–H groups in total. The maximum absolute atomic E-state index is 12.2. The molecule has 0 aliphatic carbocycles. The van der Waals surface area contributed by atoms with Crippen LogP contribution in [-0.4, -0.2) is 36.6 Å². The minimum absolute atomic E-state index is 0.0629. The summed E-state index contributed by atoms with van der Waals surface area (Å²) < 4.78 is 26.5. The molecule has 0 amide bonds. The molecular formula is C15H21NO6S. The first kappa shape index (κ1) is 19.1. The summed E-state index contributed by atoms with van der Waals surface area (Å²) in [5, 5.41) is 17.6. The first-order valence-electron chi connectivity index (χ1n) is 7.01. The van der Waals surface area contributed by atoms with Crippen LogP contribution in [0.4, 0.5) is 0 Å². The highest BCUT2D eigenvalue weighted by atomic mass is 32.2. The Hall–Kier alpha value is -1.93. The van der Waals surface area contributed by atoms with Crippen LogP contribution in [0.1, 0.15) is 39.2 Å². The van der Waals surface area contributed by atoms with Gasteiger partial charge in [0.25, 0.3) is 0 Å². The second-order valence-electron chi connectivity index (χ2n) is 6.22. The van der Waals surface area contributed by atoms with Crippen LogP contribution in [0.2, 0.25) is 0 Å². The van der Waals surface area contributed by atoms with E-state index in [0.29, 0.717) is 0 Å². The molecule has 1 aromatic carbocycles. The zero-order valence-corrected chi connectivity index (χ0v) is 14.1. The van der Waals surface area contributed by atoms with Crippen molar-refractivity contribution in [1.29, 1.82) is 0 Å². The van der Waals surface area contributed by atoms with Crippen molar-refractivity contribution in [3.63, 3.8) is 0 Å². The van der Waals surface area contributed by atoms with Gasteiger partial charge in [-0.3, -0.25) is 9.59 Å². The van der Waals surface area contributed by atoms with Gasteiger partial charge in [-0.1, -0.05) is 32.9 Å². The molecule has 1 atom stereocenters. The average Bonchev–Trinajstić information content (AvgIpc) is 2.42. The summed E-state index contributed by atoms with van der Waals surface area (Å²) in [7, 11) is -4.04. The Morgan fingerprint density at radius 3 is 2.04 bits per heavy atom. The zero-order chi connectivity index (χ0) is 17.8. The molecule has 0 unspecified atom stereocenters. The number of nitrogens with one attached hydrogen (secondary N) is 1. The predicted octanol–water partition coefficient (Wildman–Crippen LogP) is 1.58. The minimum atomic E-state index is -4.04. The smallest absolute Gasteiger partial charge is 0.321 e. The molecule has 0 fully saturated rings. The largest absolute Gasteiger partial charge is 0.481 e. The summed E-state index contributed by atoms with van der Waals surface area (Å²) in [6, 6.07) is 4.65. The maximum atomic E-state index is 12.2. The van der Waals surface area contributed by atoms with Crippen LogP contribution in [0.15, 0.2) is 29.2 Å². The van der Waals surface area contributed by atoms with Crippen LogP contribution in [0.5, 0.6) is 0 Å². The van der Waals surface area contributed by atoms with E-state index in [2.05, 4.69) is 0 Å². The van der Waals surface area contributed by atoms with Crippen LogP contribution in [0.3, 0.4) is 0 Å². The third-order valence-corrected chi connectivity index (χ3v) is 4.76. The van der Waals surface area contributed by atoms with Crippen molar-refractivity contribution in [1.82, 2.24) is 4.72 Å². The third-order valence-electron chi connectivity index (χ3n) is 3.27. The Kier molecular flexibility index (Phi) is 5.90. The van der Waals surface area contributed by atoms with Crippen LogP contribution in [-0.2, 0) is 25.0 Å². The summed E-state index contributed by atoms with van der Waals surface area (Å²) >= 11 is 0. The number of benzene rings is 1. The Labute approximate surface area is 135 Å².